The minimum absolute atomic E-state index is 0.113. The smallest absolute Gasteiger partial charge is 0.255 e. The molecule has 0 aliphatic rings. The molecule has 12 rings (SSSR count). The van der Waals surface area contributed by atoms with Crippen LogP contribution < -0.4 is 9.30 Å². The Morgan fingerprint density at radius 1 is 0.530 bits per heavy atom. The van der Waals surface area contributed by atoms with Crippen LogP contribution >= 0.6 is 0 Å². The summed E-state index contributed by atoms with van der Waals surface area (Å²) < 4.78 is 103. The lowest BCUT2D eigenvalue weighted by Crippen LogP contribution is -2.30. The van der Waals surface area contributed by atoms with Crippen molar-refractivity contribution in [3.8, 4) is 56.6 Å². The summed E-state index contributed by atoms with van der Waals surface area (Å²) in [6.45, 7) is 6.58. The largest absolute Gasteiger partial charge is 0.457 e. The van der Waals surface area contributed by atoms with E-state index in [0.29, 0.717) is 28.2 Å². The molecule has 0 saturated heterocycles. The van der Waals surface area contributed by atoms with Crippen molar-refractivity contribution in [2.45, 2.75) is 26.2 Å². The van der Waals surface area contributed by atoms with Crippen molar-refractivity contribution in [2.24, 2.45) is 0 Å². The first kappa shape index (κ1) is 29.8. The summed E-state index contributed by atoms with van der Waals surface area (Å²) in [6.07, 6.45) is 3.65. The van der Waals surface area contributed by atoms with Gasteiger partial charge >= 0.3 is 0 Å². The Hall–Kier alpha value is -8.48. The van der Waals surface area contributed by atoms with Crippen LogP contribution in [0.25, 0.3) is 89.0 Å². The number of para-hydroxylation sites is 5. The maximum absolute atomic E-state index is 9.07. The molecule has 4 heterocycles. The van der Waals surface area contributed by atoms with Gasteiger partial charge in [0.25, 0.3) is 6.33 Å². The van der Waals surface area contributed by atoms with E-state index in [2.05, 4.69) is 84.5 Å². The van der Waals surface area contributed by atoms with Crippen molar-refractivity contribution < 1.29 is 23.0 Å². The van der Waals surface area contributed by atoms with E-state index < -0.39 is 60.4 Å². The number of imidazole rings is 1. The average molecular weight is 863 g/mol. The van der Waals surface area contributed by atoms with Crippen LogP contribution in [-0.4, -0.2) is 18.7 Å². The second-order valence-electron chi connectivity index (χ2n) is 17.2. The van der Waals surface area contributed by atoms with Gasteiger partial charge in [-0.2, -0.15) is 9.13 Å². The highest BCUT2D eigenvalue weighted by molar-refractivity contribution is 6.20. The van der Waals surface area contributed by atoms with E-state index in [4.69, 9.17) is 23.4 Å². The van der Waals surface area contributed by atoms with Crippen molar-refractivity contribution >= 4 is 43.9 Å². The van der Waals surface area contributed by atoms with Gasteiger partial charge in [-0.25, -0.2) is 4.98 Å². The van der Waals surface area contributed by atoms with E-state index in [9.17, 15) is 0 Å². The van der Waals surface area contributed by atoms with Crippen LogP contribution in [0, 0.1) is 0 Å². The first-order chi connectivity index (χ1) is 36.5. The zero-order chi connectivity index (χ0) is 53.1. The minimum atomic E-state index is -0.561. The molecule has 0 aliphatic heterocycles. The highest BCUT2D eigenvalue weighted by Gasteiger charge is 2.27. The maximum atomic E-state index is 9.07. The number of hydrogen-bond acceptors (Lipinski definition) is 2. The Morgan fingerprint density at radius 3 is 1.89 bits per heavy atom. The third-order valence-electron chi connectivity index (χ3n) is 12.2. The fourth-order valence-corrected chi connectivity index (χ4v) is 9.17. The molecule has 6 heteroatoms. The van der Waals surface area contributed by atoms with Crippen LogP contribution in [-0.2, 0) is 5.41 Å². The van der Waals surface area contributed by atoms with E-state index in [0.717, 1.165) is 49.9 Å². The second-order valence-corrected chi connectivity index (χ2v) is 17.2. The molecule has 0 radical (unpaired) electrons. The standard InChI is InChI=1S/C60H46N5O/c1-60(2,3)43-35-36-61-56(37-43)65-55-39-47(33-34-51(55)58-59(65)50-27-13-14-30-52(50)64(58)44-23-11-6-12-24-44)66-46-26-17-25-45(38-46)62-40-63(54-32-16-15-31-53(54)62)57-48(41-19-7-4-8-20-41)28-18-29-49(57)42-21-9-5-10-22-42/h4-40H,1-3H3/q+1/i4D,5D,7D,8D,9D,10D,19D,20D,21D,22D. The van der Waals surface area contributed by atoms with Crippen molar-refractivity contribution in [3.63, 3.8) is 0 Å². The molecule has 66 heavy (non-hydrogen) atoms. The molecule has 0 aliphatic carbocycles. The summed E-state index contributed by atoms with van der Waals surface area (Å²) in [5.74, 6) is 1.88. The van der Waals surface area contributed by atoms with Crippen LogP contribution in [0.4, 0.5) is 0 Å². The van der Waals surface area contributed by atoms with Gasteiger partial charge in [-0.05, 0) is 88.8 Å². The molecule has 4 aromatic heterocycles. The van der Waals surface area contributed by atoms with E-state index in [-0.39, 0.29) is 33.4 Å². The zero-order valence-corrected chi connectivity index (χ0v) is 36.2. The normalized spacial score (nSPS) is 14.0. The topological polar surface area (TPSA) is 40.8 Å². The van der Waals surface area contributed by atoms with Crippen LogP contribution in [0.3, 0.4) is 0 Å². The lowest BCUT2D eigenvalue weighted by Gasteiger charge is -2.20. The molecule has 0 saturated carbocycles. The highest BCUT2D eigenvalue weighted by atomic mass is 16.5. The number of rotatable bonds is 8. The van der Waals surface area contributed by atoms with Gasteiger partial charge in [-0.3, -0.25) is 4.57 Å². The fourth-order valence-electron chi connectivity index (χ4n) is 9.17. The number of benzene rings is 8. The first-order valence-electron chi connectivity index (χ1n) is 26.7. The minimum Gasteiger partial charge on any atom is -0.457 e. The number of pyridine rings is 1. The number of ether oxygens (including phenoxy) is 1. The van der Waals surface area contributed by atoms with Gasteiger partial charge in [0, 0.05) is 45.9 Å². The van der Waals surface area contributed by atoms with Crippen molar-refractivity contribution in [2.75, 3.05) is 0 Å². The molecule has 8 aromatic carbocycles. The van der Waals surface area contributed by atoms with Crippen LogP contribution in [0.1, 0.15) is 40.0 Å². The SMILES string of the molecule is [2H]c1c([2H])c([2H])c(-c2cccc(-c3c([2H])c([2H])c([2H])c([2H])c3[2H])c2-[n+]2cn(-c3cccc(Oc4ccc5c(c4)n(-c4cc(C(C)(C)C)ccn4)c4c6ccccc6n(-c6ccccc6)c54)c3)c3ccccc32)c([2H])c1[2H]. The van der Waals surface area contributed by atoms with Crippen molar-refractivity contribution in [1.29, 1.82) is 0 Å². The molecule has 6 nitrogen and oxygen atoms in total. The Morgan fingerprint density at radius 2 is 1.15 bits per heavy atom. The Labute approximate surface area is 397 Å². The van der Waals surface area contributed by atoms with Gasteiger partial charge in [0.1, 0.15) is 28.7 Å². The first-order valence-corrected chi connectivity index (χ1v) is 21.7. The second kappa shape index (κ2) is 15.6. The van der Waals surface area contributed by atoms with Gasteiger partial charge in [0.05, 0.1) is 35.8 Å². The van der Waals surface area contributed by atoms with Crippen LogP contribution in [0.2, 0.25) is 0 Å². The van der Waals surface area contributed by atoms with Gasteiger partial charge < -0.3 is 9.30 Å². The average Bonchev–Trinajstić information content (AvgIpc) is 4.23. The van der Waals surface area contributed by atoms with Crippen molar-refractivity contribution in [1.82, 2.24) is 18.7 Å². The van der Waals surface area contributed by atoms with Gasteiger partial charge in [-0.1, -0.05) is 154 Å². The predicted molar refractivity (Wildman–Crippen MR) is 270 cm³/mol. The predicted octanol–water partition coefficient (Wildman–Crippen LogP) is 14.8. The summed E-state index contributed by atoms with van der Waals surface area (Å²) in [5.41, 5.74) is 8.43. The summed E-state index contributed by atoms with van der Waals surface area (Å²) >= 11 is 0. The van der Waals surface area contributed by atoms with Gasteiger partial charge in [-0.15, -0.1) is 0 Å². The number of fused-ring (bicyclic) bond motifs is 6. The van der Waals surface area contributed by atoms with Crippen LogP contribution in [0.5, 0.6) is 11.5 Å². The van der Waals surface area contributed by atoms with Gasteiger partial charge in [0.15, 0.2) is 11.0 Å². The fraction of sp³-hybridized carbons (Fsp3) is 0.0667. The molecular formula is C60H46N5O+. The Balaban J connectivity index is 1.04. The van der Waals surface area contributed by atoms with E-state index >= 15 is 0 Å². The monoisotopic (exact) mass is 862 g/mol. The quantitative estimate of drug-likeness (QED) is 0.143. The molecule has 0 amide bonds. The molecule has 316 valence electrons. The van der Waals surface area contributed by atoms with Crippen molar-refractivity contribution in [3.05, 3.63) is 230 Å². The summed E-state index contributed by atoms with van der Waals surface area (Å²) in [7, 11) is 0. The summed E-state index contributed by atoms with van der Waals surface area (Å²) in [4.78, 5) is 5.00. The molecular weight excluding hydrogens is 807 g/mol. The molecule has 0 fully saturated rings. The van der Waals surface area contributed by atoms with Gasteiger partial charge in [0.2, 0.25) is 0 Å². The zero-order valence-electron chi connectivity index (χ0n) is 46.2. The molecule has 0 bridgehead atoms. The highest BCUT2D eigenvalue weighted by Crippen LogP contribution is 2.43. The summed E-state index contributed by atoms with van der Waals surface area (Å²) in [6, 6.07) is 43.9. The van der Waals surface area contributed by atoms with E-state index in [1.165, 1.54) is 0 Å². The molecule has 0 N–H and O–H groups in total. The number of hydrogen-bond donors (Lipinski definition) is 0. The maximum Gasteiger partial charge on any atom is 0.255 e. The number of nitrogens with zero attached hydrogens (tertiary/aromatic N) is 5. The van der Waals surface area contributed by atoms with E-state index in [1.807, 2.05) is 89.6 Å². The lowest BCUT2D eigenvalue weighted by atomic mass is 9.88. The number of aromatic nitrogens is 5. The molecule has 12 aromatic rings. The lowest BCUT2D eigenvalue weighted by molar-refractivity contribution is -0.566. The molecule has 0 unspecified atom stereocenters. The van der Waals surface area contributed by atoms with Crippen LogP contribution in [0.15, 0.2) is 225 Å². The Bertz CT molecular complexity index is 4240. The molecule has 0 spiro atoms. The van der Waals surface area contributed by atoms with E-state index in [1.54, 1.807) is 29.1 Å². The third-order valence-corrected chi connectivity index (χ3v) is 12.2. The summed E-state index contributed by atoms with van der Waals surface area (Å²) in [5, 5.41) is 2.08. The third kappa shape index (κ3) is 6.57. The Kier molecular flexibility index (Phi) is 7.07. The molecule has 0 atom stereocenters.